The molecule has 0 spiro atoms. The van der Waals surface area contributed by atoms with E-state index in [1.807, 2.05) is 4.90 Å². The number of piperidine rings is 1. The molecule has 1 amide bonds. The molecule has 10 heteroatoms. The van der Waals surface area contributed by atoms with Crippen molar-refractivity contribution < 1.29 is 9.72 Å². The van der Waals surface area contributed by atoms with Crippen LogP contribution in [0.15, 0.2) is 36.4 Å². The summed E-state index contributed by atoms with van der Waals surface area (Å²) in [6.45, 7) is 1.53. The lowest BCUT2D eigenvalue weighted by molar-refractivity contribution is -0.384. The van der Waals surface area contributed by atoms with E-state index in [1.54, 1.807) is 30.3 Å². The van der Waals surface area contributed by atoms with Gasteiger partial charge in [-0.15, -0.1) is 0 Å². The number of nitro groups is 1. The molecule has 0 aromatic heterocycles. The first kappa shape index (κ1) is 21.3. The van der Waals surface area contributed by atoms with E-state index in [2.05, 4.69) is 10.6 Å². The first-order valence-electron chi connectivity index (χ1n) is 8.96. The Bertz CT molecular complexity index is 964. The summed E-state index contributed by atoms with van der Waals surface area (Å²) in [5, 5.41) is 17.5. The lowest BCUT2D eigenvalue weighted by Gasteiger charge is -2.28. The highest BCUT2D eigenvalue weighted by molar-refractivity contribution is 7.80. The van der Waals surface area contributed by atoms with Gasteiger partial charge in [-0.2, -0.15) is 0 Å². The van der Waals surface area contributed by atoms with E-state index in [1.165, 1.54) is 6.07 Å². The average molecular weight is 453 g/mol. The van der Waals surface area contributed by atoms with Crippen molar-refractivity contribution in [2.75, 3.05) is 23.3 Å². The Morgan fingerprint density at radius 2 is 1.86 bits per heavy atom. The van der Waals surface area contributed by atoms with Gasteiger partial charge in [-0.25, -0.2) is 0 Å². The van der Waals surface area contributed by atoms with Gasteiger partial charge in [0.05, 0.1) is 20.7 Å². The predicted octanol–water partition coefficient (Wildman–Crippen LogP) is 5.02. The number of rotatable bonds is 4. The molecule has 0 atom stereocenters. The number of halogens is 2. The lowest BCUT2D eigenvalue weighted by atomic mass is 10.1. The van der Waals surface area contributed by atoms with Crippen LogP contribution in [0.5, 0.6) is 0 Å². The summed E-state index contributed by atoms with van der Waals surface area (Å²) in [4.78, 5) is 25.6. The van der Waals surface area contributed by atoms with Crippen LogP contribution in [0.2, 0.25) is 10.0 Å². The minimum absolute atomic E-state index is 0.00178. The van der Waals surface area contributed by atoms with Crippen LogP contribution in [0.4, 0.5) is 17.1 Å². The van der Waals surface area contributed by atoms with Crippen molar-refractivity contribution >= 4 is 63.5 Å². The standard InChI is InChI=1S/C19H18Cl2N4O3S/c20-13-5-4-6-14(17(13)21)22-19(29)23-18(26)12-7-8-15(16(11-12)25(27)28)24-9-2-1-3-10-24/h4-8,11H,1-3,9-10H2,(H2,22,23,26,29). The Hall–Kier alpha value is -2.42. The second kappa shape index (κ2) is 9.39. The van der Waals surface area contributed by atoms with Gasteiger partial charge < -0.3 is 10.2 Å². The predicted molar refractivity (Wildman–Crippen MR) is 119 cm³/mol. The van der Waals surface area contributed by atoms with E-state index in [9.17, 15) is 14.9 Å². The summed E-state index contributed by atoms with van der Waals surface area (Å²) in [7, 11) is 0. The van der Waals surface area contributed by atoms with Crippen LogP contribution in [0.3, 0.4) is 0 Å². The molecule has 3 rings (SSSR count). The van der Waals surface area contributed by atoms with E-state index in [0.29, 0.717) is 16.4 Å². The Kier molecular flexibility index (Phi) is 6.89. The number of carbonyl (C=O) groups is 1. The molecule has 2 N–H and O–H groups in total. The van der Waals surface area contributed by atoms with Crippen molar-refractivity contribution in [3.8, 4) is 0 Å². The molecule has 0 radical (unpaired) electrons. The summed E-state index contributed by atoms with van der Waals surface area (Å²) in [5.74, 6) is -0.561. The van der Waals surface area contributed by atoms with Crippen molar-refractivity contribution in [2.24, 2.45) is 0 Å². The van der Waals surface area contributed by atoms with Crippen LogP contribution < -0.4 is 15.5 Å². The smallest absolute Gasteiger partial charge is 0.293 e. The Morgan fingerprint density at radius 1 is 1.14 bits per heavy atom. The zero-order valence-corrected chi connectivity index (χ0v) is 17.6. The van der Waals surface area contributed by atoms with Gasteiger partial charge in [-0.1, -0.05) is 29.3 Å². The summed E-state index contributed by atoms with van der Waals surface area (Å²) in [6, 6.07) is 9.41. The zero-order valence-electron chi connectivity index (χ0n) is 15.3. The number of thiocarbonyl (C=S) groups is 1. The van der Waals surface area contributed by atoms with E-state index < -0.39 is 10.8 Å². The van der Waals surface area contributed by atoms with Gasteiger partial charge in [-0.3, -0.25) is 20.2 Å². The Morgan fingerprint density at radius 3 is 2.55 bits per heavy atom. The number of hydrogen-bond donors (Lipinski definition) is 2. The molecular weight excluding hydrogens is 435 g/mol. The number of nitro benzene ring substituents is 1. The molecule has 152 valence electrons. The molecule has 1 fully saturated rings. The Balaban J connectivity index is 1.74. The largest absolute Gasteiger partial charge is 0.366 e. The number of amides is 1. The van der Waals surface area contributed by atoms with Crippen molar-refractivity contribution in [1.29, 1.82) is 0 Å². The lowest BCUT2D eigenvalue weighted by Crippen LogP contribution is -2.34. The van der Waals surface area contributed by atoms with Crippen molar-refractivity contribution in [3.05, 3.63) is 62.1 Å². The third kappa shape index (κ3) is 5.14. The minimum Gasteiger partial charge on any atom is -0.366 e. The molecular formula is C19H18Cl2N4O3S. The number of carbonyl (C=O) groups excluding carboxylic acids is 1. The van der Waals surface area contributed by atoms with Crippen LogP contribution in [0, 0.1) is 10.1 Å². The van der Waals surface area contributed by atoms with Gasteiger partial charge in [-0.05, 0) is 55.7 Å². The fourth-order valence-corrected chi connectivity index (χ4v) is 3.69. The fourth-order valence-electron chi connectivity index (χ4n) is 3.14. The van der Waals surface area contributed by atoms with Crippen LogP contribution in [0.25, 0.3) is 0 Å². The van der Waals surface area contributed by atoms with Gasteiger partial charge in [0.25, 0.3) is 11.6 Å². The fraction of sp³-hybridized carbons (Fsp3) is 0.263. The number of nitrogens with one attached hydrogen (secondary N) is 2. The van der Waals surface area contributed by atoms with Gasteiger partial charge >= 0.3 is 0 Å². The monoisotopic (exact) mass is 452 g/mol. The van der Waals surface area contributed by atoms with E-state index in [4.69, 9.17) is 35.4 Å². The third-order valence-corrected chi connectivity index (χ3v) is 5.58. The normalized spacial score (nSPS) is 13.7. The van der Waals surface area contributed by atoms with Crippen LogP contribution >= 0.6 is 35.4 Å². The van der Waals surface area contributed by atoms with E-state index in [0.717, 1.165) is 32.4 Å². The van der Waals surface area contributed by atoms with Gasteiger partial charge in [0, 0.05) is 24.7 Å². The molecule has 2 aromatic rings. The van der Waals surface area contributed by atoms with Crippen LogP contribution in [0.1, 0.15) is 29.6 Å². The van der Waals surface area contributed by atoms with E-state index >= 15 is 0 Å². The SMILES string of the molecule is O=C(NC(=S)Nc1cccc(Cl)c1Cl)c1ccc(N2CCCCC2)c([N+](=O)[O-])c1. The third-order valence-electron chi connectivity index (χ3n) is 4.56. The second-order valence-corrected chi connectivity index (χ2v) is 7.71. The molecule has 1 aliphatic rings. The topological polar surface area (TPSA) is 87.5 Å². The maximum Gasteiger partial charge on any atom is 0.293 e. The van der Waals surface area contributed by atoms with Crippen molar-refractivity contribution in [1.82, 2.24) is 5.32 Å². The van der Waals surface area contributed by atoms with Crippen molar-refractivity contribution in [3.63, 3.8) is 0 Å². The quantitative estimate of drug-likeness (QED) is 0.384. The second-order valence-electron chi connectivity index (χ2n) is 6.52. The van der Waals surface area contributed by atoms with Crippen molar-refractivity contribution in [2.45, 2.75) is 19.3 Å². The summed E-state index contributed by atoms with van der Waals surface area (Å²) < 4.78 is 0. The van der Waals surface area contributed by atoms with E-state index in [-0.39, 0.29) is 21.4 Å². The number of anilines is 2. The van der Waals surface area contributed by atoms with Gasteiger partial charge in [0.15, 0.2) is 5.11 Å². The summed E-state index contributed by atoms with van der Waals surface area (Å²) in [5.41, 5.74) is 1.00. The average Bonchev–Trinajstić information content (AvgIpc) is 2.71. The molecule has 0 saturated carbocycles. The maximum absolute atomic E-state index is 12.5. The Labute approximate surface area is 183 Å². The molecule has 0 unspecified atom stereocenters. The molecule has 2 aromatic carbocycles. The molecule has 0 aliphatic carbocycles. The van der Waals surface area contributed by atoms with Crippen LogP contribution in [-0.2, 0) is 0 Å². The number of benzene rings is 2. The molecule has 1 aliphatic heterocycles. The number of nitrogens with zero attached hydrogens (tertiary/aromatic N) is 2. The zero-order chi connectivity index (χ0) is 21.0. The number of hydrogen-bond acceptors (Lipinski definition) is 5. The minimum atomic E-state index is -0.561. The summed E-state index contributed by atoms with van der Waals surface area (Å²) >= 11 is 17.2. The molecule has 1 saturated heterocycles. The van der Waals surface area contributed by atoms with Gasteiger partial charge in [0.2, 0.25) is 0 Å². The van der Waals surface area contributed by atoms with Crippen LogP contribution in [-0.4, -0.2) is 29.0 Å². The maximum atomic E-state index is 12.5. The molecule has 0 bridgehead atoms. The first-order chi connectivity index (χ1) is 13.9. The highest BCUT2D eigenvalue weighted by Gasteiger charge is 2.23. The highest BCUT2D eigenvalue weighted by atomic mass is 35.5. The molecule has 7 nitrogen and oxygen atoms in total. The summed E-state index contributed by atoms with van der Waals surface area (Å²) in [6.07, 6.45) is 3.10. The highest BCUT2D eigenvalue weighted by Crippen LogP contribution is 2.32. The molecule has 29 heavy (non-hydrogen) atoms. The first-order valence-corrected chi connectivity index (χ1v) is 10.1. The van der Waals surface area contributed by atoms with Gasteiger partial charge in [0.1, 0.15) is 5.69 Å². The molecule has 1 heterocycles.